The van der Waals surface area contributed by atoms with Crippen molar-refractivity contribution in [1.82, 2.24) is 4.57 Å². The molecule has 2 N–H and O–H groups in total. The van der Waals surface area contributed by atoms with E-state index in [1.54, 1.807) is 0 Å². The molecule has 18 heavy (non-hydrogen) atoms. The summed E-state index contributed by atoms with van der Waals surface area (Å²) in [6, 6.07) is 9.67. The highest BCUT2D eigenvalue weighted by Gasteiger charge is 2.08. The third kappa shape index (κ3) is 1.98. The average molecular weight is 239 g/mol. The van der Waals surface area contributed by atoms with Crippen LogP contribution < -0.4 is 5.73 Å². The van der Waals surface area contributed by atoms with Crippen molar-refractivity contribution in [3.05, 3.63) is 41.6 Å². The van der Waals surface area contributed by atoms with Crippen LogP contribution >= 0.6 is 0 Å². The summed E-state index contributed by atoms with van der Waals surface area (Å²) < 4.78 is 2.07. The second kappa shape index (κ2) is 4.76. The van der Waals surface area contributed by atoms with Gasteiger partial charge in [0.2, 0.25) is 0 Å². The molecule has 0 bridgehead atoms. The number of fused-ring (bicyclic) bond motifs is 1. The first-order chi connectivity index (χ1) is 8.67. The molecule has 0 radical (unpaired) electrons. The molecular formula is C14H13N3O. The van der Waals surface area contributed by atoms with Gasteiger partial charge in [-0.15, -0.1) is 0 Å². The highest BCUT2D eigenvalue weighted by molar-refractivity contribution is 6.03. The molecule has 0 saturated heterocycles. The molecular weight excluding hydrogens is 226 g/mol. The van der Waals surface area contributed by atoms with E-state index in [1.165, 1.54) is 6.08 Å². The number of primary amides is 1. The molecule has 0 fully saturated rings. The zero-order valence-corrected chi connectivity index (χ0v) is 10.1. The number of nitrogens with zero attached hydrogens (tertiary/aromatic N) is 2. The maximum atomic E-state index is 11.1. The van der Waals surface area contributed by atoms with Crippen LogP contribution in [-0.4, -0.2) is 10.5 Å². The van der Waals surface area contributed by atoms with E-state index in [0.717, 1.165) is 23.0 Å². The molecule has 1 heterocycles. The van der Waals surface area contributed by atoms with E-state index in [4.69, 9.17) is 11.0 Å². The van der Waals surface area contributed by atoms with E-state index in [1.807, 2.05) is 43.5 Å². The van der Waals surface area contributed by atoms with Gasteiger partial charge in [-0.25, -0.2) is 0 Å². The number of hydrogen-bond donors (Lipinski definition) is 1. The van der Waals surface area contributed by atoms with Gasteiger partial charge in [0.05, 0.1) is 0 Å². The highest BCUT2D eigenvalue weighted by atomic mass is 16.1. The van der Waals surface area contributed by atoms with Gasteiger partial charge in [-0.1, -0.05) is 18.2 Å². The van der Waals surface area contributed by atoms with E-state index < -0.39 is 5.91 Å². The van der Waals surface area contributed by atoms with Crippen LogP contribution in [0.4, 0.5) is 0 Å². The largest absolute Gasteiger partial charge is 0.365 e. The quantitative estimate of drug-likeness (QED) is 0.657. The first kappa shape index (κ1) is 11.9. The summed E-state index contributed by atoms with van der Waals surface area (Å²) in [5, 5.41) is 9.88. The topological polar surface area (TPSA) is 71.8 Å². The van der Waals surface area contributed by atoms with Gasteiger partial charge in [-0.05, 0) is 19.1 Å². The van der Waals surface area contributed by atoms with E-state index in [9.17, 15) is 4.79 Å². The van der Waals surface area contributed by atoms with Crippen LogP contribution in [0.5, 0.6) is 0 Å². The second-order valence-electron chi connectivity index (χ2n) is 3.92. The van der Waals surface area contributed by atoms with Gasteiger partial charge in [-0.3, -0.25) is 4.79 Å². The number of rotatable bonds is 3. The molecule has 1 aromatic carbocycles. The van der Waals surface area contributed by atoms with Crippen LogP contribution in [0.15, 0.2) is 36.0 Å². The predicted octanol–water partition coefficient (Wildman–Crippen LogP) is 2.05. The van der Waals surface area contributed by atoms with Crippen molar-refractivity contribution in [3.8, 4) is 6.07 Å². The van der Waals surface area contributed by atoms with Crippen LogP contribution in [0.3, 0.4) is 0 Å². The van der Waals surface area contributed by atoms with Gasteiger partial charge in [0.15, 0.2) is 0 Å². The maximum absolute atomic E-state index is 11.1. The van der Waals surface area contributed by atoms with Crippen molar-refractivity contribution >= 4 is 22.9 Å². The molecule has 4 heteroatoms. The summed E-state index contributed by atoms with van der Waals surface area (Å²) in [5.41, 5.74) is 7.02. The van der Waals surface area contributed by atoms with Gasteiger partial charge < -0.3 is 10.3 Å². The predicted molar refractivity (Wildman–Crippen MR) is 70.4 cm³/mol. The van der Waals surface area contributed by atoms with E-state index in [2.05, 4.69) is 4.57 Å². The number of nitrogens with two attached hydrogens (primary N) is 1. The van der Waals surface area contributed by atoms with Crippen LogP contribution in [0.2, 0.25) is 0 Å². The number of para-hydroxylation sites is 1. The third-order valence-electron chi connectivity index (χ3n) is 2.85. The maximum Gasteiger partial charge on any atom is 0.259 e. The lowest BCUT2D eigenvalue weighted by Gasteiger charge is -1.97. The molecule has 0 unspecified atom stereocenters. The van der Waals surface area contributed by atoms with Crippen molar-refractivity contribution in [2.24, 2.45) is 5.73 Å². The highest BCUT2D eigenvalue weighted by Crippen LogP contribution is 2.23. The number of aromatic nitrogens is 1. The minimum atomic E-state index is -0.703. The zero-order valence-electron chi connectivity index (χ0n) is 10.1. The van der Waals surface area contributed by atoms with Crippen LogP contribution in [-0.2, 0) is 11.3 Å². The lowest BCUT2D eigenvalue weighted by Crippen LogP contribution is -2.12. The third-order valence-corrected chi connectivity index (χ3v) is 2.85. The Labute approximate surface area is 105 Å². The van der Waals surface area contributed by atoms with Crippen LogP contribution in [0, 0.1) is 11.3 Å². The van der Waals surface area contributed by atoms with Gasteiger partial charge in [0.1, 0.15) is 11.6 Å². The van der Waals surface area contributed by atoms with Crippen molar-refractivity contribution in [3.63, 3.8) is 0 Å². The summed E-state index contributed by atoms with van der Waals surface area (Å²) in [7, 11) is 0. The number of carbonyl (C=O) groups is 1. The van der Waals surface area contributed by atoms with Gasteiger partial charge in [0.25, 0.3) is 5.91 Å². The minimum Gasteiger partial charge on any atom is -0.365 e. The zero-order chi connectivity index (χ0) is 13.1. The first-order valence-corrected chi connectivity index (χ1v) is 5.66. The summed E-state index contributed by atoms with van der Waals surface area (Å²) in [6.07, 6.45) is 3.46. The lowest BCUT2D eigenvalue weighted by atomic mass is 10.1. The summed E-state index contributed by atoms with van der Waals surface area (Å²) in [5.74, 6) is -0.703. The number of nitriles is 1. The molecule has 0 saturated carbocycles. The lowest BCUT2D eigenvalue weighted by molar-refractivity contribution is -0.114. The number of amides is 1. The van der Waals surface area contributed by atoms with Gasteiger partial charge in [-0.2, -0.15) is 5.26 Å². The molecule has 0 atom stereocenters. The summed E-state index contributed by atoms with van der Waals surface area (Å²) in [4.78, 5) is 11.1. The van der Waals surface area contributed by atoms with E-state index in [0.29, 0.717) is 0 Å². The molecule has 4 nitrogen and oxygen atoms in total. The normalized spacial score (nSPS) is 11.4. The fraction of sp³-hybridized carbons (Fsp3) is 0.143. The van der Waals surface area contributed by atoms with E-state index in [-0.39, 0.29) is 5.57 Å². The molecule has 1 aromatic heterocycles. The molecule has 90 valence electrons. The van der Waals surface area contributed by atoms with Crippen molar-refractivity contribution in [1.29, 1.82) is 5.26 Å². The minimum absolute atomic E-state index is 0.0333. The number of hydrogen-bond acceptors (Lipinski definition) is 2. The Kier molecular flexibility index (Phi) is 3.16. The van der Waals surface area contributed by atoms with Crippen molar-refractivity contribution in [2.75, 3.05) is 0 Å². The molecule has 0 aliphatic carbocycles. The average Bonchev–Trinajstić information content (AvgIpc) is 2.74. The molecule has 2 aromatic rings. The van der Waals surface area contributed by atoms with Gasteiger partial charge >= 0.3 is 0 Å². The Morgan fingerprint density at radius 2 is 2.22 bits per heavy atom. The second-order valence-corrected chi connectivity index (χ2v) is 3.92. The standard InChI is InChI=1S/C14H13N3O/c1-2-17-9-11(7-10(8-15)14(16)18)12-5-3-4-6-13(12)17/h3-7,9H,2H2,1H3,(H2,16,18)/b10-7+. The Morgan fingerprint density at radius 3 is 2.83 bits per heavy atom. The monoisotopic (exact) mass is 239 g/mol. The summed E-state index contributed by atoms with van der Waals surface area (Å²) >= 11 is 0. The summed E-state index contributed by atoms with van der Waals surface area (Å²) in [6.45, 7) is 2.87. The molecule has 0 spiro atoms. The number of aryl methyl sites for hydroxylation is 1. The Morgan fingerprint density at radius 1 is 1.50 bits per heavy atom. The van der Waals surface area contributed by atoms with Crippen molar-refractivity contribution < 1.29 is 4.79 Å². The molecule has 1 amide bonds. The van der Waals surface area contributed by atoms with Gasteiger partial charge in [0, 0.05) is 29.2 Å². The SMILES string of the molecule is CCn1cc(/C=C(\C#N)C(N)=O)c2ccccc21. The smallest absolute Gasteiger partial charge is 0.259 e. The van der Waals surface area contributed by atoms with Crippen LogP contribution in [0.1, 0.15) is 12.5 Å². The Hall–Kier alpha value is -2.54. The molecule has 2 rings (SSSR count). The Bertz CT molecular complexity index is 674. The molecule has 0 aliphatic heterocycles. The van der Waals surface area contributed by atoms with Crippen LogP contribution in [0.25, 0.3) is 17.0 Å². The fourth-order valence-electron chi connectivity index (χ4n) is 1.97. The number of carbonyl (C=O) groups excluding carboxylic acids is 1. The molecule has 0 aliphatic rings. The fourth-order valence-corrected chi connectivity index (χ4v) is 1.97. The van der Waals surface area contributed by atoms with Crippen molar-refractivity contribution in [2.45, 2.75) is 13.5 Å². The Balaban J connectivity index is 2.66. The number of benzene rings is 1. The first-order valence-electron chi connectivity index (χ1n) is 5.66. The van der Waals surface area contributed by atoms with E-state index >= 15 is 0 Å².